The molecule has 0 aliphatic heterocycles. The normalized spacial score (nSPS) is 9.74. The lowest BCUT2D eigenvalue weighted by Crippen LogP contribution is -2.05. The molecule has 2 N–H and O–H groups in total. The molecule has 0 spiro atoms. The molecular formula is C13H12FN5. The fourth-order valence-corrected chi connectivity index (χ4v) is 1.62. The molecule has 96 valence electrons. The Hall–Kier alpha value is -2.68. The second-order valence-corrected chi connectivity index (χ2v) is 3.91. The monoisotopic (exact) mass is 257 g/mol. The van der Waals surface area contributed by atoms with Crippen molar-refractivity contribution in [3.8, 4) is 6.19 Å². The number of nitrogens with zero attached hydrogens (tertiary/aromatic N) is 3. The Morgan fingerprint density at radius 2 is 2.05 bits per heavy atom. The van der Waals surface area contributed by atoms with E-state index in [9.17, 15) is 4.39 Å². The van der Waals surface area contributed by atoms with Gasteiger partial charge in [0.2, 0.25) is 0 Å². The van der Waals surface area contributed by atoms with Crippen molar-refractivity contribution in [3.63, 3.8) is 0 Å². The first-order chi connectivity index (χ1) is 9.17. The predicted octanol–water partition coefficient (Wildman–Crippen LogP) is 2.43. The highest BCUT2D eigenvalue weighted by molar-refractivity contribution is 5.49. The largest absolute Gasteiger partial charge is 0.366 e. The molecule has 19 heavy (non-hydrogen) atoms. The molecule has 0 radical (unpaired) electrons. The maximum atomic E-state index is 13.0. The fraction of sp³-hybridized carbons (Fsp3) is 0.154. The second kappa shape index (κ2) is 5.78. The lowest BCUT2D eigenvalue weighted by molar-refractivity contribution is 0.626. The van der Waals surface area contributed by atoms with Gasteiger partial charge in [-0.25, -0.2) is 14.4 Å². The zero-order valence-corrected chi connectivity index (χ0v) is 10.3. The maximum Gasteiger partial charge on any atom is 0.182 e. The zero-order valence-electron chi connectivity index (χ0n) is 10.3. The lowest BCUT2D eigenvalue weighted by atomic mass is 10.2. The van der Waals surface area contributed by atoms with E-state index in [1.54, 1.807) is 25.2 Å². The second-order valence-electron chi connectivity index (χ2n) is 3.91. The topological polar surface area (TPSA) is 73.6 Å². The number of aryl methyl sites for hydroxylation is 1. The van der Waals surface area contributed by atoms with Crippen LogP contribution < -0.4 is 10.6 Å². The van der Waals surface area contributed by atoms with Gasteiger partial charge in [0.1, 0.15) is 23.3 Å². The molecule has 0 saturated carbocycles. The van der Waals surface area contributed by atoms with Gasteiger partial charge in [0.25, 0.3) is 0 Å². The van der Waals surface area contributed by atoms with Crippen LogP contribution in [0.3, 0.4) is 0 Å². The molecule has 2 rings (SSSR count). The summed E-state index contributed by atoms with van der Waals surface area (Å²) < 4.78 is 13.0. The van der Waals surface area contributed by atoms with Gasteiger partial charge in [0.15, 0.2) is 6.19 Å². The molecule has 0 saturated heterocycles. The average Bonchev–Trinajstić information content (AvgIpc) is 2.36. The van der Waals surface area contributed by atoms with E-state index < -0.39 is 0 Å². The van der Waals surface area contributed by atoms with Crippen molar-refractivity contribution in [2.45, 2.75) is 13.5 Å². The summed E-state index contributed by atoms with van der Waals surface area (Å²) in [6, 6.07) is 7.94. The standard InChI is InChI=1S/C13H12FN5/c1-9-18-12(6-13(19-9)17-8-15)16-7-10-3-2-4-11(14)5-10/h2-6H,7H2,1H3,(H2,16,17,18,19). The number of rotatable bonds is 4. The number of aromatic nitrogens is 2. The average molecular weight is 257 g/mol. The van der Waals surface area contributed by atoms with Crippen molar-refractivity contribution in [1.82, 2.24) is 9.97 Å². The zero-order chi connectivity index (χ0) is 13.7. The van der Waals surface area contributed by atoms with E-state index in [4.69, 9.17) is 5.26 Å². The van der Waals surface area contributed by atoms with Crippen molar-refractivity contribution in [1.29, 1.82) is 5.26 Å². The van der Waals surface area contributed by atoms with Gasteiger partial charge in [-0.3, -0.25) is 5.32 Å². The minimum atomic E-state index is -0.273. The molecule has 0 amide bonds. The highest BCUT2D eigenvalue weighted by Crippen LogP contribution is 2.12. The summed E-state index contributed by atoms with van der Waals surface area (Å²) in [4.78, 5) is 8.24. The SMILES string of the molecule is Cc1nc(NC#N)cc(NCc2cccc(F)c2)n1. The summed E-state index contributed by atoms with van der Waals surface area (Å²) >= 11 is 0. The van der Waals surface area contributed by atoms with Gasteiger partial charge < -0.3 is 5.32 Å². The number of hydrogen-bond donors (Lipinski definition) is 2. The van der Waals surface area contributed by atoms with Crippen LogP contribution in [0.25, 0.3) is 0 Å². The molecule has 2 aromatic rings. The van der Waals surface area contributed by atoms with E-state index in [1.165, 1.54) is 12.1 Å². The predicted molar refractivity (Wildman–Crippen MR) is 69.7 cm³/mol. The first-order valence-corrected chi connectivity index (χ1v) is 5.66. The van der Waals surface area contributed by atoms with Crippen LogP contribution in [0.2, 0.25) is 0 Å². The van der Waals surface area contributed by atoms with Gasteiger partial charge in [0, 0.05) is 12.6 Å². The molecule has 0 aliphatic rings. The highest BCUT2D eigenvalue weighted by atomic mass is 19.1. The third kappa shape index (κ3) is 3.64. The van der Waals surface area contributed by atoms with Gasteiger partial charge in [-0.2, -0.15) is 5.26 Å². The molecule has 1 heterocycles. The van der Waals surface area contributed by atoms with Crippen LogP contribution in [-0.4, -0.2) is 9.97 Å². The molecule has 5 nitrogen and oxygen atoms in total. The van der Waals surface area contributed by atoms with Gasteiger partial charge in [0.05, 0.1) is 0 Å². The molecular weight excluding hydrogens is 245 g/mol. The fourth-order valence-electron chi connectivity index (χ4n) is 1.62. The molecule has 0 fully saturated rings. The summed E-state index contributed by atoms with van der Waals surface area (Å²) in [5.41, 5.74) is 0.811. The van der Waals surface area contributed by atoms with Crippen LogP contribution in [0, 0.1) is 24.2 Å². The molecule has 0 aliphatic carbocycles. The van der Waals surface area contributed by atoms with Crippen molar-refractivity contribution >= 4 is 11.6 Å². The molecule has 6 heteroatoms. The first kappa shape index (κ1) is 12.8. The molecule has 1 aromatic heterocycles. The van der Waals surface area contributed by atoms with E-state index in [0.717, 1.165) is 5.56 Å². The van der Waals surface area contributed by atoms with Crippen LogP contribution in [0.4, 0.5) is 16.0 Å². The third-order valence-electron chi connectivity index (χ3n) is 2.38. The summed E-state index contributed by atoms with van der Waals surface area (Å²) in [7, 11) is 0. The Labute approximate surface area is 110 Å². The minimum Gasteiger partial charge on any atom is -0.366 e. The molecule has 1 aromatic carbocycles. The smallest absolute Gasteiger partial charge is 0.182 e. The van der Waals surface area contributed by atoms with Crippen LogP contribution in [0.5, 0.6) is 0 Å². The number of halogens is 1. The maximum absolute atomic E-state index is 13.0. The van der Waals surface area contributed by atoms with Crippen LogP contribution in [0.1, 0.15) is 11.4 Å². The van der Waals surface area contributed by atoms with E-state index in [1.807, 2.05) is 6.07 Å². The number of nitriles is 1. The lowest BCUT2D eigenvalue weighted by Gasteiger charge is -2.08. The van der Waals surface area contributed by atoms with E-state index in [2.05, 4.69) is 20.6 Å². The van der Waals surface area contributed by atoms with Gasteiger partial charge >= 0.3 is 0 Å². The van der Waals surface area contributed by atoms with Crippen LogP contribution in [0.15, 0.2) is 30.3 Å². The Kier molecular flexibility index (Phi) is 3.88. The van der Waals surface area contributed by atoms with Crippen molar-refractivity contribution in [2.75, 3.05) is 10.6 Å². The van der Waals surface area contributed by atoms with Crippen molar-refractivity contribution < 1.29 is 4.39 Å². The van der Waals surface area contributed by atoms with E-state index in [-0.39, 0.29) is 5.82 Å². The van der Waals surface area contributed by atoms with Crippen molar-refractivity contribution in [3.05, 3.63) is 47.5 Å². The first-order valence-electron chi connectivity index (χ1n) is 5.66. The number of hydrogen-bond acceptors (Lipinski definition) is 5. The highest BCUT2D eigenvalue weighted by Gasteiger charge is 2.02. The quantitative estimate of drug-likeness (QED) is 0.650. The van der Waals surface area contributed by atoms with Crippen LogP contribution >= 0.6 is 0 Å². The Morgan fingerprint density at radius 1 is 1.26 bits per heavy atom. The molecule has 0 bridgehead atoms. The Balaban J connectivity index is 2.09. The summed E-state index contributed by atoms with van der Waals surface area (Å²) in [6.07, 6.45) is 1.80. The van der Waals surface area contributed by atoms with E-state index >= 15 is 0 Å². The van der Waals surface area contributed by atoms with Crippen molar-refractivity contribution in [2.24, 2.45) is 0 Å². The number of anilines is 2. The van der Waals surface area contributed by atoms with Gasteiger partial charge in [-0.1, -0.05) is 12.1 Å². The Morgan fingerprint density at radius 3 is 2.79 bits per heavy atom. The minimum absolute atomic E-state index is 0.273. The summed E-state index contributed by atoms with van der Waals surface area (Å²) in [6.45, 7) is 2.18. The van der Waals surface area contributed by atoms with Gasteiger partial charge in [-0.15, -0.1) is 0 Å². The molecule has 0 unspecified atom stereocenters. The van der Waals surface area contributed by atoms with Gasteiger partial charge in [-0.05, 0) is 24.6 Å². The van der Waals surface area contributed by atoms with Crippen LogP contribution in [-0.2, 0) is 6.54 Å². The number of benzene rings is 1. The summed E-state index contributed by atoms with van der Waals surface area (Å²) in [5, 5.41) is 14.1. The summed E-state index contributed by atoms with van der Waals surface area (Å²) in [5.74, 6) is 1.28. The van der Waals surface area contributed by atoms with E-state index in [0.29, 0.717) is 24.0 Å². The Bertz CT molecular complexity index is 621. The third-order valence-corrected chi connectivity index (χ3v) is 2.38. The molecule has 0 atom stereocenters. The number of nitrogens with one attached hydrogen (secondary N) is 2.